The minimum atomic E-state index is -2.71. The van der Waals surface area contributed by atoms with Gasteiger partial charge in [-0.05, 0) is 6.07 Å². The van der Waals surface area contributed by atoms with E-state index in [1.54, 1.807) is 6.07 Å². The highest BCUT2D eigenvalue weighted by Gasteiger charge is 2.17. The molecular weight excluding hydrogens is 233 g/mol. The van der Waals surface area contributed by atoms with Crippen molar-refractivity contribution >= 4 is 23.2 Å². The molecule has 0 aliphatic rings. The van der Waals surface area contributed by atoms with Crippen LogP contribution in [0, 0.1) is 11.3 Å². The van der Waals surface area contributed by atoms with Gasteiger partial charge in [-0.1, -0.05) is 11.6 Å². The molecule has 1 aromatic rings. The molecule has 0 amide bonds. The van der Waals surface area contributed by atoms with Crippen molar-refractivity contribution in [2.45, 2.75) is 12.3 Å². The lowest BCUT2D eigenvalue weighted by molar-refractivity contribution is 0.150. The summed E-state index contributed by atoms with van der Waals surface area (Å²) in [5, 5.41) is 8.34. The maximum absolute atomic E-state index is 12.5. The van der Waals surface area contributed by atoms with E-state index in [2.05, 4.69) is 4.98 Å². The summed E-state index contributed by atoms with van der Waals surface area (Å²) in [6, 6.07) is 2.64. The van der Waals surface area contributed by atoms with Gasteiger partial charge < -0.3 is 0 Å². The normalized spacial score (nSPS) is 10.3. The summed E-state index contributed by atoms with van der Waals surface area (Å²) in [4.78, 5) is 3.59. The Morgan fingerprint density at radius 1 is 1.57 bits per heavy atom. The Morgan fingerprint density at radius 3 is 2.64 bits per heavy atom. The molecule has 6 heteroatoms. The molecular formula is C8H4Cl2F2N2. The van der Waals surface area contributed by atoms with Crippen molar-refractivity contribution in [3.8, 4) is 6.07 Å². The van der Waals surface area contributed by atoms with E-state index in [-0.39, 0.29) is 27.9 Å². The van der Waals surface area contributed by atoms with Gasteiger partial charge in [-0.25, -0.2) is 13.8 Å². The Balaban J connectivity index is 3.37. The molecule has 0 aliphatic carbocycles. The van der Waals surface area contributed by atoms with Crippen molar-refractivity contribution in [1.82, 2.24) is 4.98 Å². The Bertz CT molecular complexity index is 388. The molecule has 0 N–H and O–H groups in total. The predicted octanol–water partition coefficient (Wildman–Crippen LogP) is 3.28. The van der Waals surface area contributed by atoms with Crippen LogP contribution in [0.3, 0.4) is 0 Å². The highest BCUT2D eigenvalue weighted by molar-refractivity contribution is 6.31. The molecule has 0 unspecified atom stereocenters. The predicted molar refractivity (Wildman–Crippen MR) is 48.5 cm³/mol. The minimum Gasteiger partial charge on any atom is -0.225 e. The lowest BCUT2D eigenvalue weighted by Crippen LogP contribution is -1.98. The first-order chi connectivity index (χ1) is 6.60. The second-order valence-corrected chi connectivity index (χ2v) is 3.04. The number of aromatic nitrogens is 1. The fourth-order valence-corrected chi connectivity index (χ4v) is 1.56. The van der Waals surface area contributed by atoms with Crippen LogP contribution in [0.1, 0.15) is 23.2 Å². The van der Waals surface area contributed by atoms with E-state index in [1.165, 1.54) is 0 Å². The van der Waals surface area contributed by atoms with E-state index in [1.807, 2.05) is 0 Å². The molecule has 0 atom stereocenters. The van der Waals surface area contributed by atoms with Gasteiger partial charge in [0, 0.05) is 11.1 Å². The van der Waals surface area contributed by atoms with Crippen molar-refractivity contribution in [3.63, 3.8) is 0 Å². The van der Waals surface area contributed by atoms with E-state index in [0.29, 0.717) is 0 Å². The van der Waals surface area contributed by atoms with Crippen LogP contribution >= 0.6 is 23.2 Å². The van der Waals surface area contributed by atoms with Gasteiger partial charge in [0.05, 0.1) is 5.88 Å². The fraction of sp³-hybridized carbons (Fsp3) is 0.250. The molecule has 1 heterocycles. The second kappa shape index (κ2) is 4.54. The van der Waals surface area contributed by atoms with Crippen molar-refractivity contribution in [2.75, 3.05) is 0 Å². The third-order valence-corrected chi connectivity index (χ3v) is 2.17. The number of nitriles is 1. The Kier molecular flexibility index (Phi) is 3.62. The standard InChI is InChI=1S/C8H4Cl2F2N2/c9-2-6-5(8(11)12)1-4(3-13)14-7(6)10/h1,8H,2H2. The van der Waals surface area contributed by atoms with Crippen molar-refractivity contribution in [1.29, 1.82) is 5.26 Å². The number of alkyl halides is 3. The van der Waals surface area contributed by atoms with Crippen LogP contribution in [0.4, 0.5) is 8.78 Å². The molecule has 0 spiro atoms. The molecule has 1 rings (SSSR count). The maximum atomic E-state index is 12.5. The highest BCUT2D eigenvalue weighted by Crippen LogP contribution is 2.29. The minimum absolute atomic E-state index is 0.0716. The average molecular weight is 237 g/mol. The SMILES string of the molecule is N#Cc1cc(C(F)F)c(CCl)c(Cl)n1. The number of nitrogens with zero attached hydrogens (tertiary/aromatic N) is 2. The van der Waals surface area contributed by atoms with Gasteiger partial charge in [0.15, 0.2) is 0 Å². The zero-order chi connectivity index (χ0) is 10.7. The number of rotatable bonds is 2. The molecule has 74 valence electrons. The van der Waals surface area contributed by atoms with E-state index in [9.17, 15) is 8.78 Å². The zero-order valence-electron chi connectivity index (χ0n) is 6.77. The van der Waals surface area contributed by atoms with Crippen LogP contribution in [-0.2, 0) is 5.88 Å². The molecule has 0 bridgehead atoms. The van der Waals surface area contributed by atoms with Gasteiger partial charge in [0.2, 0.25) is 0 Å². The molecule has 0 aromatic carbocycles. The van der Waals surface area contributed by atoms with Gasteiger partial charge in [-0.15, -0.1) is 11.6 Å². The molecule has 0 saturated carbocycles. The van der Waals surface area contributed by atoms with Gasteiger partial charge in [0.1, 0.15) is 16.9 Å². The van der Waals surface area contributed by atoms with E-state index < -0.39 is 6.43 Å². The van der Waals surface area contributed by atoms with Gasteiger partial charge in [-0.2, -0.15) is 5.26 Å². The number of hydrogen-bond donors (Lipinski definition) is 0. The number of halogens is 4. The quantitative estimate of drug-likeness (QED) is 0.584. The monoisotopic (exact) mass is 236 g/mol. The van der Waals surface area contributed by atoms with E-state index in [4.69, 9.17) is 28.5 Å². The fourth-order valence-electron chi connectivity index (χ4n) is 0.943. The molecule has 1 aromatic heterocycles. The molecule has 2 nitrogen and oxygen atoms in total. The summed E-state index contributed by atoms with van der Waals surface area (Å²) in [7, 11) is 0. The summed E-state index contributed by atoms with van der Waals surface area (Å²) in [6.07, 6.45) is -2.71. The maximum Gasteiger partial charge on any atom is 0.264 e. The number of pyridine rings is 1. The Morgan fingerprint density at radius 2 is 2.21 bits per heavy atom. The lowest BCUT2D eigenvalue weighted by atomic mass is 10.1. The van der Waals surface area contributed by atoms with Crippen LogP contribution in [-0.4, -0.2) is 4.98 Å². The lowest BCUT2D eigenvalue weighted by Gasteiger charge is -2.07. The van der Waals surface area contributed by atoms with Gasteiger partial charge in [-0.3, -0.25) is 0 Å². The first-order valence-electron chi connectivity index (χ1n) is 3.53. The van der Waals surface area contributed by atoms with Crippen LogP contribution in [0.5, 0.6) is 0 Å². The third kappa shape index (κ3) is 2.11. The summed E-state index contributed by atoms with van der Waals surface area (Å²) in [6.45, 7) is 0. The van der Waals surface area contributed by atoms with Gasteiger partial charge in [0.25, 0.3) is 6.43 Å². The second-order valence-electron chi connectivity index (χ2n) is 2.41. The molecule has 0 radical (unpaired) electrons. The summed E-state index contributed by atoms with van der Waals surface area (Å²) < 4.78 is 24.9. The van der Waals surface area contributed by atoms with Crippen LogP contribution in [0.2, 0.25) is 5.15 Å². The van der Waals surface area contributed by atoms with E-state index >= 15 is 0 Å². The van der Waals surface area contributed by atoms with Crippen molar-refractivity contribution < 1.29 is 8.78 Å². The first kappa shape index (κ1) is 11.2. The van der Waals surface area contributed by atoms with Crippen LogP contribution in [0.15, 0.2) is 6.07 Å². The number of hydrogen-bond acceptors (Lipinski definition) is 2. The first-order valence-corrected chi connectivity index (χ1v) is 4.45. The average Bonchev–Trinajstić information content (AvgIpc) is 2.16. The molecule has 0 aliphatic heterocycles. The Hall–Kier alpha value is -0.920. The van der Waals surface area contributed by atoms with Crippen LogP contribution in [0.25, 0.3) is 0 Å². The smallest absolute Gasteiger partial charge is 0.225 e. The summed E-state index contributed by atoms with van der Waals surface area (Å²) in [5.41, 5.74) is -0.405. The van der Waals surface area contributed by atoms with Crippen LogP contribution < -0.4 is 0 Å². The molecule has 0 fully saturated rings. The van der Waals surface area contributed by atoms with Gasteiger partial charge >= 0.3 is 0 Å². The summed E-state index contributed by atoms with van der Waals surface area (Å²) in [5.74, 6) is -0.156. The van der Waals surface area contributed by atoms with Crippen molar-refractivity contribution in [2.24, 2.45) is 0 Å². The van der Waals surface area contributed by atoms with E-state index in [0.717, 1.165) is 6.07 Å². The Labute approximate surface area is 89.1 Å². The summed E-state index contributed by atoms with van der Waals surface area (Å²) >= 11 is 11.0. The third-order valence-electron chi connectivity index (χ3n) is 1.59. The topological polar surface area (TPSA) is 36.7 Å². The highest BCUT2D eigenvalue weighted by atomic mass is 35.5. The zero-order valence-corrected chi connectivity index (χ0v) is 8.28. The molecule has 0 saturated heterocycles. The molecule has 14 heavy (non-hydrogen) atoms. The largest absolute Gasteiger partial charge is 0.264 e. The van der Waals surface area contributed by atoms with Crippen molar-refractivity contribution in [3.05, 3.63) is 28.0 Å².